The number of anilines is 1. The predicted molar refractivity (Wildman–Crippen MR) is 78.4 cm³/mol. The van der Waals surface area contributed by atoms with Crippen LogP contribution in [0.25, 0.3) is 0 Å². The molecule has 0 bridgehead atoms. The van der Waals surface area contributed by atoms with Gasteiger partial charge in [0.2, 0.25) is 11.9 Å². The zero-order valence-corrected chi connectivity index (χ0v) is 12.9. The van der Waals surface area contributed by atoms with E-state index in [1.54, 1.807) is 37.3 Å². The van der Waals surface area contributed by atoms with Gasteiger partial charge in [-0.3, -0.25) is 14.9 Å². The number of amides is 1. The second-order valence-corrected chi connectivity index (χ2v) is 5.28. The Kier molecular flexibility index (Phi) is 4.19. The standard InChI is InChI=1S/C15H13F3N4O3/c1-2-25-12(24)9-10(8-6-4-3-5-7-8)22-14(19-11(9)23)20-13(21-22)15(16,17)18/h3-7,9-10H,2H2,1H3,(H,19,20,21,23)/t9-,10-/m1/s1. The van der Waals surface area contributed by atoms with E-state index >= 15 is 0 Å². The topological polar surface area (TPSA) is 86.1 Å². The molecule has 2 aromatic rings. The minimum absolute atomic E-state index is 0.0299. The van der Waals surface area contributed by atoms with Crippen LogP contribution in [-0.2, 0) is 20.5 Å². The van der Waals surface area contributed by atoms with Gasteiger partial charge in [0.1, 0.15) is 6.04 Å². The zero-order valence-electron chi connectivity index (χ0n) is 12.9. The van der Waals surface area contributed by atoms with Crippen LogP contribution in [-0.4, -0.2) is 33.2 Å². The fourth-order valence-electron chi connectivity index (χ4n) is 2.65. The molecule has 0 fully saturated rings. The van der Waals surface area contributed by atoms with Crippen molar-refractivity contribution in [3.8, 4) is 0 Å². The van der Waals surface area contributed by atoms with E-state index in [2.05, 4.69) is 15.4 Å². The molecule has 0 saturated carbocycles. The summed E-state index contributed by atoms with van der Waals surface area (Å²) < 4.78 is 44.6. The molecule has 0 saturated heterocycles. The lowest BCUT2D eigenvalue weighted by molar-refractivity contribution is -0.152. The highest BCUT2D eigenvalue weighted by Gasteiger charge is 2.46. The second-order valence-electron chi connectivity index (χ2n) is 5.28. The zero-order chi connectivity index (χ0) is 18.2. The van der Waals surface area contributed by atoms with Crippen molar-refractivity contribution >= 4 is 17.8 Å². The molecule has 0 unspecified atom stereocenters. The predicted octanol–water partition coefficient (Wildman–Crippen LogP) is 2.02. The SMILES string of the molecule is CCOC(=O)[C@H]1C(=O)Nc2nc(C(F)(F)F)nn2[C@@H]1c1ccccc1. The molecule has 1 aromatic carbocycles. The highest BCUT2D eigenvalue weighted by atomic mass is 19.4. The van der Waals surface area contributed by atoms with E-state index < -0.39 is 35.8 Å². The van der Waals surface area contributed by atoms with Crippen LogP contribution in [0.2, 0.25) is 0 Å². The molecule has 2 atom stereocenters. The fourth-order valence-corrected chi connectivity index (χ4v) is 2.65. The van der Waals surface area contributed by atoms with Gasteiger partial charge in [-0.2, -0.15) is 18.2 Å². The van der Waals surface area contributed by atoms with Crippen LogP contribution in [0.4, 0.5) is 19.1 Å². The number of ether oxygens (including phenoxy) is 1. The number of esters is 1. The van der Waals surface area contributed by atoms with E-state index in [1.165, 1.54) is 0 Å². The smallest absolute Gasteiger partial charge is 0.453 e. The Bertz CT molecular complexity index is 804. The van der Waals surface area contributed by atoms with Crippen LogP contribution in [0.1, 0.15) is 24.4 Å². The number of nitrogens with zero attached hydrogens (tertiary/aromatic N) is 3. The van der Waals surface area contributed by atoms with E-state index in [1.807, 2.05) is 0 Å². The summed E-state index contributed by atoms with van der Waals surface area (Å²) in [5.74, 6) is -4.78. The van der Waals surface area contributed by atoms with Gasteiger partial charge in [0.05, 0.1) is 6.61 Å². The average Bonchev–Trinajstić information content (AvgIpc) is 2.98. The number of alkyl halides is 3. The third-order valence-corrected chi connectivity index (χ3v) is 3.66. The normalized spacial score (nSPS) is 19.9. The Morgan fingerprint density at radius 2 is 2.00 bits per heavy atom. The maximum atomic E-state index is 12.9. The molecule has 132 valence electrons. The number of fused-ring (bicyclic) bond motifs is 1. The number of benzene rings is 1. The molecule has 0 aliphatic carbocycles. The highest BCUT2D eigenvalue weighted by molar-refractivity contribution is 6.06. The molecule has 0 radical (unpaired) electrons. The molecule has 25 heavy (non-hydrogen) atoms. The first kappa shape index (κ1) is 16.9. The molecule has 3 rings (SSSR count). The number of nitrogens with one attached hydrogen (secondary N) is 1. The first-order chi connectivity index (χ1) is 11.8. The average molecular weight is 354 g/mol. The molecular formula is C15H13F3N4O3. The summed E-state index contributed by atoms with van der Waals surface area (Å²) in [5.41, 5.74) is 0.440. The van der Waals surface area contributed by atoms with Gasteiger partial charge in [-0.15, -0.1) is 5.10 Å². The molecule has 0 spiro atoms. The Morgan fingerprint density at radius 1 is 1.32 bits per heavy atom. The summed E-state index contributed by atoms with van der Waals surface area (Å²) in [6, 6.07) is 7.08. The van der Waals surface area contributed by atoms with Crippen molar-refractivity contribution in [2.45, 2.75) is 19.1 Å². The van der Waals surface area contributed by atoms with Crippen molar-refractivity contribution in [2.75, 3.05) is 11.9 Å². The van der Waals surface area contributed by atoms with Gasteiger partial charge < -0.3 is 4.74 Å². The molecule has 1 aliphatic heterocycles. The van der Waals surface area contributed by atoms with Crippen molar-refractivity contribution in [1.82, 2.24) is 14.8 Å². The maximum absolute atomic E-state index is 12.9. The molecule has 2 heterocycles. The number of hydrogen-bond donors (Lipinski definition) is 1. The Morgan fingerprint density at radius 3 is 2.60 bits per heavy atom. The number of aromatic nitrogens is 3. The Balaban J connectivity index is 2.15. The minimum atomic E-state index is -4.78. The molecule has 1 aromatic heterocycles. The number of halogens is 3. The lowest BCUT2D eigenvalue weighted by atomic mass is 9.91. The first-order valence-corrected chi connectivity index (χ1v) is 7.39. The number of carbonyl (C=O) groups is 2. The van der Waals surface area contributed by atoms with Gasteiger partial charge in [0, 0.05) is 0 Å². The van der Waals surface area contributed by atoms with Crippen molar-refractivity contribution < 1.29 is 27.5 Å². The number of carbonyl (C=O) groups excluding carboxylic acids is 2. The van der Waals surface area contributed by atoms with Crippen LogP contribution in [0.5, 0.6) is 0 Å². The second kappa shape index (κ2) is 6.19. The van der Waals surface area contributed by atoms with Crippen molar-refractivity contribution in [2.24, 2.45) is 5.92 Å². The lowest BCUT2D eigenvalue weighted by Gasteiger charge is -2.30. The van der Waals surface area contributed by atoms with E-state index in [9.17, 15) is 22.8 Å². The highest BCUT2D eigenvalue weighted by Crippen LogP contribution is 2.36. The van der Waals surface area contributed by atoms with E-state index in [0.29, 0.717) is 5.56 Å². The van der Waals surface area contributed by atoms with E-state index in [-0.39, 0.29) is 12.6 Å². The van der Waals surface area contributed by atoms with Crippen LogP contribution < -0.4 is 5.32 Å². The third-order valence-electron chi connectivity index (χ3n) is 3.66. The van der Waals surface area contributed by atoms with Crippen LogP contribution in [0.15, 0.2) is 30.3 Å². The summed E-state index contributed by atoms with van der Waals surface area (Å²) in [6.07, 6.45) is -4.78. The Hall–Kier alpha value is -2.91. The fraction of sp³-hybridized carbons (Fsp3) is 0.333. The largest absolute Gasteiger partial charge is 0.465 e. The summed E-state index contributed by atoms with van der Waals surface area (Å²) in [6.45, 7) is 1.60. The summed E-state index contributed by atoms with van der Waals surface area (Å²) in [4.78, 5) is 27.9. The molecule has 1 N–H and O–H groups in total. The number of rotatable bonds is 3. The van der Waals surface area contributed by atoms with Crippen LogP contribution >= 0.6 is 0 Å². The summed E-state index contributed by atoms with van der Waals surface area (Å²) in [7, 11) is 0. The van der Waals surface area contributed by atoms with Gasteiger partial charge in [0.15, 0.2) is 5.92 Å². The first-order valence-electron chi connectivity index (χ1n) is 7.39. The van der Waals surface area contributed by atoms with Crippen LogP contribution in [0, 0.1) is 5.92 Å². The quantitative estimate of drug-likeness (QED) is 0.673. The van der Waals surface area contributed by atoms with Gasteiger partial charge in [-0.1, -0.05) is 30.3 Å². The van der Waals surface area contributed by atoms with Gasteiger partial charge in [-0.25, -0.2) is 4.68 Å². The van der Waals surface area contributed by atoms with Gasteiger partial charge >= 0.3 is 12.1 Å². The van der Waals surface area contributed by atoms with Crippen molar-refractivity contribution in [3.05, 3.63) is 41.7 Å². The monoisotopic (exact) mass is 354 g/mol. The van der Waals surface area contributed by atoms with Crippen LogP contribution in [0.3, 0.4) is 0 Å². The molecule has 1 aliphatic rings. The van der Waals surface area contributed by atoms with Gasteiger partial charge in [-0.05, 0) is 12.5 Å². The van der Waals surface area contributed by atoms with Crippen molar-refractivity contribution in [1.29, 1.82) is 0 Å². The Labute approximate surface area is 139 Å². The lowest BCUT2D eigenvalue weighted by Crippen LogP contribution is -2.43. The van der Waals surface area contributed by atoms with E-state index in [4.69, 9.17) is 4.74 Å². The van der Waals surface area contributed by atoms with E-state index in [0.717, 1.165) is 4.68 Å². The number of hydrogen-bond acceptors (Lipinski definition) is 5. The third kappa shape index (κ3) is 3.06. The van der Waals surface area contributed by atoms with Gasteiger partial charge in [0.25, 0.3) is 5.82 Å². The maximum Gasteiger partial charge on any atom is 0.453 e. The minimum Gasteiger partial charge on any atom is -0.465 e. The summed E-state index contributed by atoms with van der Waals surface area (Å²) >= 11 is 0. The molecule has 10 heteroatoms. The van der Waals surface area contributed by atoms with Crippen molar-refractivity contribution in [3.63, 3.8) is 0 Å². The molecular weight excluding hydrogens is 341 g/mol. The molecule has 1 amide bonds. The molecule has 7 nitrogen and oxygen atoms in total. The summed E-state index contributed by atoms with van der Waals surface area (Å²) in [5, 5.41) is 5.66.